The third-order valence-electron chi connectivity index (χ3n) is 3.93. The topological polar surface area (TPSA) is 82.8 Å². The molecule has 2 aromatic heterocycles. The Morgan fingerprint density at radius 3 is 2.56 bits per heavy atom. The van der Waals surface area contributed by atoms with Gasteiger partial charge in [0.25, 0.3) is 5.89 Å². The van der Waals surface area contributed by atoms with E-state index < -0.39 is 0 Å². The minimum atomic E-state index is 0.409. The molecular formula is C19H17N5O. The van der Waals surface area contributed by atoms with E-state index in [0.717, 1.165) is 16.8 Å². The molecule has 0 amide bonds. The lowest BCUT2D eigenvalue weighted by molar-refractivity contribution is 0.431. The number of nitrogens with two attached hydrogens (primary N) is 1. The predicted molar refractivity (Wildman–Crippen MR) is 95.6 cm³/mol. The summed E-state index contributed by atoms with van der Waals surface area (Å²) in [6.07, 6.45) is 3.64. The second-order valence-electron chi connectivity index (χ2n) is 5.96. The first-order valence-electron chi connectivity index (χ1n) is 7.95. The first-order valence-corrected chi connectivity index (χ1v) is 7.95. The first-order chi connectivity index (χ1) is 12.2. The Morgan fingerprint density at radius 1 is 1.04 bits per heavy atom. The van der Waals surface area contributed by atoms with E-state index in [2.05, 4.69) is 15.1 Å². The highest BCUT2D eigenvalue weighted by atomic mass is 16.5. The van der Waals surface area contributed by atoms with Crippen molar-refractivity contribution in [2.24, 2.45) is 0 Å². The van der Waals surface area contributed by atoms with Crippen LogP contribution in [0.5, 0.6) is 0 Å². The monoisotopic (exact) mass is 331 g/mol. The van der Waals surface area contributed by atoms with E-state index in [1.165, 1.54) is 5.56 Å². The highest BCUT2D eigenvalue weighted by molar-refractivity contribution is 5.57. The van der Waals surface area contributed by atoms with E-state index >= 15 is 0 Å². The number of rotatable bonds is 4. The Kier molecular flexibility index (Phi) is 3.78. The lowest BCUT2D eigenvalue weighted by atomic mass is 10.1. The van der Waals surface area contributed by atoms with E-state index in [0.29, 0.717) is 24.0 Å². The van der Waals surface area contributed by atoms with Crippen LogP contribution in [0.1, 0.15) is 11.1 Å². The number of hydrogen-bond donors (Lipinski definition) is 1. The Balaban J connectivity index is 1.54. The van der Waals surface area contributed by atoms with Crippen molar-refractivity contribution in [3.63, 3.8) is 0 Å². The summed E-state index contributed by atoms with van der Waals surface area (Å²) in [5.74, 6) is 0.967. The maximum atomic E-state index is 5.71. The summed E-state index contributed by atoms with van der Waals surface area (Å²) in [6, 6.07) is 15.8. The number of nitrogen functional groups attached to an aromatic ring is 1. The summed E-state index contributed by atoms with van der Waals surface area (Å²) in [4.78, 5) is 8.81. The van der Waals surface area contributed by atoms with E-state index in [1.54, 1.807) is 6.33 Å². The molecule has 0 atom stereocenters. The van der Waals surface area contributed by atoms with Crippen LogP contribution in [0.4, 0.5) is 5.69 Å². The Bertz CT molecular complexity index is 983. The first kappa shape index (κ1) is 15.1. The quantitative estimate of drug-likeness (QED) is 0.578. The number of aromatic nitrogens is 4. The summed E-state index contributed by atoms with van der Waals surface area (Å²) < 4.78 is 7.33. The number of anilines is 1. The second-order valence-corrected chi connectivity index (χ2v) is 5.96. The molecule has 6 nitrogen and oxygen atoms in total. The zero-order chi connectivity index (χ0) is 17.2. The van der Waals surface area contributed by atoms with Crippen molar-refractivity contribution in [1.82, 2.24) is 19.7 Å². The van der Waals surface area contributed by atoms with Gasteiger partial charge in [-0.25, -0.2) is 4.98 Å². The number of hydrogen-bond acceptors (Lipinski definition) is 5. The van der Waals surface area contributed by atoms with Gasteiger partial charge in [0.1, 0.15) is 5.69 Å². The molecule has 2 N–H and O–H groups in total. The molecule has 6 heteroatoms. The Morgan fingerprint density at radius 2 is 1.80 bits per heavy atom. The number of aryl methyl sites for hydroxylation is 1. The third-order valence-corrected chi connectivity index (χ3v) is 3.93. The van der Waals surface area contributed by atoms with Gasteiger partial charge < -0.3 is 14.8 Å². The Hall–Kier alpha value is -3.41. The van der Waals surface area contributed by atoms with Crippen molar-refractivity contribution in [3.8, 4) is 23.0 Å². The highest BCUT2D eigenvalue weighted by Gasteiger charge is 2.13. The standard InChI is InChI=1S/C19H17N5O/c1-13-2-6-15(7-3-13)18-22-19(25-23-18)17-11-24(12-21-17)10-14-4-8-16(20)9-5-14/h2-9,11-12H,10,20H2,1H3. The van der Waals surface area contributed by atoms with Crippen LogP contribution in [0.2, 0.25) is 0 Å². The Labute approximate surface area is 144 Å². The maximum Gasteiger partial charge on any atom is 0.278 e. The zero-order valence-electron chi connectivity index (χ0n) is 13.8. The summed E-state index contributed by atoms with van der Waals surface area (Å²) in [5, 5.41) is 4.05. The van der Waals surface area contributed by atoms with Crippen molar-refractivity contribution in [2.75, 3.05) is 5.73 Å². The largest absolute Gasteiger partial charge is 0.399 e. The van der Waals surface area contributed by atoms with Gasteiger partial charge in [0.05, 0.1) is 6.33 Å². The van der Waals surface area contributed by atoms with E-state index in [4.69, 9.17) is 10.3 Å². The third kappa shape index (κ3) is 3.28. The van der Waals surface area contributed by atoms with E-state index in [1.807, 2.05) is 66.2 Å². The number of benzene rings is 2. The van der Waals surface area contributed by atoms with Gasteiger partial charge in [0.2, 0.25) is 5.82 Å². The molecular weight excluding hydrogens is 314 g/mol. The molecule has 0 spiro atoms. The smallest absolute Gasteiger partial charge is 0.278 e. The summed E-state index contributed by atoms with van der Waals surface area (Å²) in [6.45, 7) is 2.74. The van der Waals surface area contributed by atoms with Crippen molar-refractivity contribution >= 4 is 5.69 Å². The van der Waals surface area contributed by atoms with Gasteiger partial charge in [0.15, 0.2) is 0 Å². The average molecular weight is 331 g/mol. The van der Waals surface area contributed by atoms with Crippen LogP contribution in [-0.4, -0.2) is 19.7 Å². The molecule has 2 aromatic carbocycles. The van der Waals surface area contributed by atoms with E-state index in [-0.39, 0.29) is 0 Å². The molecule has 0 radical (unpaired) electrons. The van der Waals surface area contributed by atoms with Gasteiger partial charge in [-0.2, -0.15) is 4.98 Å². The molecule has 0 aliphatic carbocycles. The minimum Gasteiger partial charge on any atom is -0.399 e. The van der Waals surface area contributed by atoms with Gasteiger partial charge in [-0.1, -0.05) is 47.1 Å². The molecule has 4 aromatic rings. The predicted octanol–water partition coefficient (Wildman–Crippen LogP) is 3.54. The fourth-order valence-electron chi connectivity index (χ4n) is 2.54. The lowest BCUT2D eigenvalue weighted by Crippen LogP contribution is -1.96. The molecule has 0 saturated heterocycles. The van der Waals surface area contributed by atoms with Crippen molar-refractivity contribution < 1.29 is 4.52 Å². The molecule has 0 aliphatic heterocycles. The summed E-state index contributed by atoms with van der Waals surface area (Å²) in [7, 11) is 0. The van der Waals surface area contributed by atoms with Crippen LogP contribution in [0.3, 0.4) is 0 Å². The van der Waals surface area contributed by atoms with Crippen LogP contribution in [0.25, 0.3) is 23.0 Å². The second kappa shape index (κ2) is 6.24. The van der Waals surface area contributed by atoms with Gasteiger partial charge in [-0.3, -0.25) is 0 Å². The minimum absolute atomic E-state index is 0.409. The molecule has 0 saturated carbocycles. The zero-order valence-corrected chi connectivity index (χ0v) is 13.8. The normalized spacial score (nSPS) is 10.9. The molecule has 0 bridgehead atoms. The number of nitrogens with zero attached hydrogens (tertiary/aromatic N) is 4. The highest BCUT2D eigenvalue weighted by Crippen LogP contribution is 2.21. The van der Waals surface area contributed by atoms with Gasteiger partial charge >= 0.3 is 0 Å². The van der Waals surface area contributed by atoms with Crippen molar-refractivity contribution in [1.29, 1.82) is 0 Å². The van der Waals surface area contributed by atoms with Crippen LogP contribution in [0.15, 0.2) is 65.6 Å². The molecule has 25 heavy (non-hydrogen) atoms. The van der Waals surface area contributed by atoms with Crippen LogP contribution in [0, 0.1) is 6.92 Å². The van der Waals surface area contributed by atoms with Gasteiger partial charge in [-0.15, -0.1) is 0 Å². The fourth-order valence-corrected chi connectivity index (χ4v) is 2.54. The molecule has 2 heterocycles. The van der Waals surface area contributed by atoms with Crippen LogP contribution >= 0.6 is 0 Å². The maximum absolute atomic E-state index is 5.71. The summed E-state index contributed by atoms with van der Waals surface area (Å²) in [5.41, 5.74) is 10.4. The summed E-state index contributed by atoms with van der Waals surface area (Å²) >= 11 is 0. The van der Waals surface area contributed by atoms with Crippen molar-refractivity contribution in [2.45, 2.75) is 13.5 Å². The molecule has 0 unspecified atom stereocenters. The molecule has 124 valence electrons. The SMILES string of the molecule is Cc1ccc(-c2noc(-c3cn(Cc4ccc(N)cc4)cn3)n2)cc1. The van der Waals surface area contributed by atoms with Crippen LogP contribution < -0.4 is 5.73 Å². The van der Waals surface area contributed by atoms with Gasteiger partial charge in [-0.05, 0) is 24.6 Å². The molecule has 0 aliphatic rings. The van der Waals surface area contributed by atoms with Crippen molar-refractivity contribution in [3.05, 3.63) is 72.2 Å². The molecule has 0 fully saturated rings. The van der Waals surface area contributed by atoms with Gasteiger partial charge in [0, 0.05) is 24.0 Å². The lowest BCUT2D eigenvalue weighted by Gasteiger charge is -2.02. The average Bonchev–Trinajstić information content (AvgIpc) is 3.27. The fraction of sp³-hybridized carbons (Fsp3) is 0.105. The molecule has 4 rings (SSSR count). The number of imidazole rings is 1. The van der Waals surface area contributed by atoms with Crippen LogP contribution in [-0.2, 0) is 6.54 Å². The van der Waals surface area contributed by atoms with E-state index in [9.17, 15) is 0 Å².